The van der Waals surface area contributed by atoms with Crippen LogP contribution in [0.4, 0.5) is 0 Å². The smallest absolute Gasteiger partial charge is 0.241 e. The van der Waals surface area contributed by atoms with Crippen molar-refractivity contribution in [2.75, 3.05) is 0 Å². The van der Waals surface area contributed by atoms with Crippen molar-refractivity contribution in [3.8, 4) is 0 Å². The minimum atomic E-state index is 0.731. The third-order valence-corrected chi connectivity index (χ3v) is 3.48. The van der Waals surface area contributed by atoms with Gasteiger partial charge in [-0.2, -0.15) is 0 Å². The van der Waals surface area contributed by atoms with Crippen LogP contribution in [0.5, 0.6) is 0 Å². The van der Waals surface area contributed by atoms with Crippen LogP contribution in [0, 0.1) is 5.92 Å². The number of nitrogens with zero attached hydrogens (tertiary/aromatic N) is 1. The Bertz CT molecular complexity index is 485. The van der Waals surface area contributed by atoms with Crippen LogP contribution in [-0.4, -0.2) is 4.98 Å². The summed E-state index contributed by atoms with van der Waals surface area (Å²) in [5, 5.41) is 0. The SMILES string of the molecule is CCCc1[nH]c2ccccc2[n+]1CC(C)CC. The first-order valence-electron chi connectivity index (χ1n) is 6.75. The Morgan fingerprint density at radius 3 is 2.71 bits per heavy atom. The molecule has 0 aliphatic rings. The second-order valence-electron chi connectivity index (χ2n) is 4.96. The number of aromatic nitrogens is 2. The molecule has 2 heteroatoms. The van der Waals surface area contributed by atoms with E-state index in [0.29, 0.717) is 0 Å². The summed E-state index contributed by atoms with van der Waals surface area (Å²) in [6, 6.07) is 8.61. The molecule has 0 aliphatic heterocycles. The zero-order chi connectivity index (χ0) is 12.3. The first-order chi connectivity index (χ1) is 8.26. The van der Waals surface area contributed by atoms with Crippen LogP contribution in [-0.2, 0) is 13.0 Å². The average molecular weight is 231 g/mol. The van der Waals surface area contributed by atoms with E-state index in [1.54, 1.807) is 0 Å². The van der Waals surface area contributed by atoms with Gasteiger partial charge >= 0.3 is 0 Å². The zero-order valence-electron chi connectivity index (χ0n) is 11.2. The fraction of sp³-hybridized carbons (Fsp3) is 0.533. The fourth-order valence-corrected chi connectivity index (χ4v) is 2.27. The van der Waals surface area contributed by atoms with Crippen LogP contribution in [0.15, 0.2) is 24.3 Å². The molecule has 0 spiro atoms. The quantitative estimate of drug-likeness (QED) is 0.760. The van der Waals surface area contributed by atoms with Crippen molar-refractivity contribution in [1.29, 1.82) is 0 Å². The molecule has 0 bridgehead atoms. The predicted octanol–water partition coefficient (Wildman–Crippen LogP) is 3.45. The van der Waals surface area contributed by atoms with Crippen molar-refractivity contribution in [3.05, 3.63) is 30.1 Å². The number of hydrogen-bond donors (Lipinski definition) is 1. The van der Waals surface area contributed by atoms with Gasteiger partial charge < -0.3 is 0 Å². The normalized spacial score (nSPS) is 13.1. The van der Waals surface area contributed by atoms with Crippen molar-refractivity contribution >= 4 is 11.0 Å². The van der Waals surface area contributed by atoms with Gasteiger partial charge in [-0.3, -0.25) is 0 Å². The molecule has 0 fully saturated rings. The molecule has 2 nitrogen and oxygen atoms in total. The summed E-state index contributed by atoms with van der Waals surface area (Å²) in [5.41, 5.74) is 2.61. The van der Waals surface area contributed by atoms with Crippen molar-refractivity contribution in [2.24, 2.45) is 5.92 Å². The van der Waals surface area contributed by atoms with Gasteiger partial charge in [0.25, 0.3) is 5.82 Å². The van der Waals surface area contributed by atoms with E-state index >= 15 is 0 Å². The van der Waals surface area contributed by atoms with Gasteiger partial charge in [0.15, 0.2) is 11.0 Å². The molecular weight excluding hydrogens is 208 g/mol. The van der Waals surface area contributed by atoms with E-state index in [-0.39, 0.29) is 0 Å². The Morgan fingerprint density at radius 1 is 1.24 bits per heavy atom. The molecule has 1 heterocycles. The van der Waals surface area contributed by atoms with E-state index in [1.807, 2.05) is 0 Å². The van der Waals surface area contributed by atoms with Crippen LogP contribution in [0.1, 0.15) is 39.4 Å². The lowest BCUT2D eigenvalue weighted by Gasteiger charge is -2.07. The third kappa shape index (κ3) is 2.51. The number of benzene rings is 1. The maximum Gasteiger partial charge on any atom is 0.255 e. The molecule has 1 unspecified atom stereocenters. The van der Waals surface area contributed by atoms with Crippen molar-refractivity contribution in [1.82, 2.24) is 4.98 Å². The van der Waals surface area contributed by atoms with Gasteiger partial charge in [0, 0.05) is 6.42 Å². The van der Waals surface area contributed by atoms with Crippen LogP contribution >= 0.6 is 0 Å². The van der Waals surface area contributed by atoms with E-state index in [1.165, 1.54) is 29.7 Å². The van der Waals surface area contributed by atoms with E-state index in [0.717, 1.165) is 18.9 Å². The summed E-state index contributed by atoms with van der Waals surface area (Å²) >= 11 is 0. The molecule has 0 amide bonds. The summed E-state index contributed by atoms with van der Waals surface area (Å²) in [5.74, 6) is 2.10. The van der Waals surface area contributed by atoms with Crippen LogP contribution in [0.2, 0.25) is 0 Å². The average Bonchev–Trinajstić information content (AvgIpc) is 2.68. The topological polar surface area (TPSA) is 19.7 Å². The molecule has 2 rings (SSSR count). The number of hydrogen-bond acceptors (Lipinski definition) is 0. The number of aromatic amines is 1. The Hall–Kier alpha value is -1.31. The molecule has 17 heavy (non-hydrogen) atoms. The van der Waals surface area contributed by atoms with E-state index < -0.39 is 0 Å². The third-order valence-electron chi connectivity index (χ3n) is 3.48. The number of imidazole rings is 1. The lowest BCUT2D eigenvalue weighted by Crippen LogP contribution is -2.39. The lowest BCUT2D eigenvalue weighted by molar-refractivity contribution is -0.685. The molecule has 2 aromatic rings. The van der Waals surface area contributed by atoms with Crippen molar-refractivity contribution in [2.45, 2.75) is 46.6 Å². The van der Waals surface area contributed by atoms with E-state index in [9.17, 15) is 0 Å². The van der Waals surface area contributed by atoms with E-state index in [2.05, 4.69) is 54.6 Å². The minimum absolute atomic E-state index is 0.731. The van der Waals surface area contributed by atoms with Gasteiger partial charge in [-0.25, -0.2) is 9.55 Å². The van der Waals surface area contributed by atoms with Crippen LogP contribution in [0.3, 0.4) is 0 Å². The van der Waals surface area contributed by atoms with Gasteiger partial charge in [-0.15, -0.1) is 0 Å². The highest BCUT2D eigenvalue weighted by Gasteiger charge is 2.18. The molecule has 1 atom stereocenters. The highest BCUT2D eigenvalue weighted by atomic mass is 15.1. The fourth-order valence-electron chi connectivity index (χ4n) is 2.27. The summed E-state index contributed by atoms with van der Waals surface area (Å²) in [4.78, 5) is 3.56. The number of fused-ring (bicyclic) bond motifs is 1. The standard InChI is InChI=1S/C15H22N2/c1-4-8-15-16-13-9-6-7-10-14(13)17(15)11-12(3)5-2/h6-7,9-10,12H,4-5,8,11H2,1-3H3/p+1. The summed E-state index contributed by atoms with van der Waals surface area (Å²) in [7, 11) is 0. The van der Waals surface area contributed by atoms with Gasteiger partial charge in [0.2, 0.25) is 0 Å². The Labute approximate surface area is 104 Å². The summed E-state index contributed by atoms with van der Waals surface area (Å²) < 4.78 is 2.47. The first kappa shape index (κ1) is 12.2. The molecule has 1 N–H and O–H groups in total. The van der Waals surface area contributed by atoms with Crippen LogP contribution < -0.4 is 4.57 Å². The first-order valence-corrected chi connectivity index (χ1v) is 6.75. The molecular formula is C15H23N2+. The summed E-state index contributed by atoms with van der Waals surface area (Å²) in [6.45, 7) is 7.94. The highest BCUT2D eigenvalue weighted by molar-refractivity contribution is 5.70. The maximum atomic E-state index is 3.56. The molecule has 0 aliphatic carbocycles. The molecule has 0 saturated carbocycles. The largest absolute Gasteiger partial charge is 0.255 e. The van der Waals surface area contributed by atoms with Gasteiger partial charge in [0.1, 0.15) is 0 Å². The molecule has 0 saturated heterocycles. The summed E-state index contributed by atoms with van der Waals surface area (Å²) in [6.07, 6.45) is 3.55. The molecule has 92 valence electrons. The zero-order valence-corrected chi connectivity index (χ0v) is 11.2. The monoisotopic (exact) mass is 231 g/mol. The number of para-hydroxylation sites is 2. The maximum absolute atomic E-state index is 3.56. The number of rotatable bonds is 5. The van der Waals surface area contributed by atoms with Crippen LogP contribution in [0.25, 0.3) is 11.0 Å². The van der Waals surface area contributed by atoms with Crippen molar-refractivity contribution in [3.63, 3.8) is 0 Å². The number of H-pyrrole nitrogens is 1. The lowest BCUT2D eigenvalue weighted by atomic mass is 10.1. The second-order valence-corrected chi connectivity index (χ2v) is 4.96. The second kappa shape index (κ2) is 5.35. The predicted molar refractivity (Wildman–Crippen MR) is 71.9 cm³/mol. The van der Waals surface area contributed by atoms with Gasteiger partial charge in [-0.05, 0) is 30.9 Å². The van der Waals surface area contributed by atoms with Crippen molar-refractivity contribution < 1.29 is 4.57 Å². The Balaban J connectivity index is 2.44. The van der Waals surface area contributed by atoms with Gasteiger partial charge in [-0.1, -0.05) is 32.9 Å². The highest BCUT2D eigenvalue weighted by Crippen LogP contribution is 2.12. The van der Waals surface area contributed by atoms with Gasteiger partial charge in [0.05, 0.1) is 6.54 Å². The number of aryl methyl sites for hydroxylation is 1. The number of nitrogens with one attached hydrogen (secondary N) is 1. The Kier molecular flexibility index (Phi) is 3.82. The minimum Gasteiger partial charge on any atom is -0.241 e. The molecule has 1 aromatic heterocycles. The molecule has 0 radical (unpaired) electrons. The Morgan fingerprint density at radius 2 is 2.00 bits per heavy atom. The molecule has 1 aromatic carbocycles. The van der Waals surface area contributed by atoms with E-state index in [4.69, 9.17) is 0 Å².